The van der Waals surface area contributed by atoms with Crippen LogP contribution in [0.15, 0.2) is 53.3 Å². The smallest absolute Gasteiger partial charge is 0.287 e. The molecular formula is C16H16N2O3. The lowest BCUT2D eigenvalue weighted by molar-refractivity contribution is 0.0889. The van der Waals surface area contributed by atoms with Crippen molar-refractivity contribution in [3.63, 3.8) is 0 Å². The van der Waals surface area contributed by atoms with Crippen molar-refractivity contribution in [2.24, 2.45) is 7.05 Å². The number of aliphatic hydroxyl groups excluding tert-OH is 1. The third-order valence-corrected chi connectivity index (χ3v) is 3.49. The van der Waals surface area contributed by atoms with Gasteiger partial charge in [-0.3, -0.25) is 4.79 Å². The van der Waals surface area contributed by atoms with E-state index in [0.717, 1.165) is 16.5 Å². The van der Waals surface area contributed by atoms with E-state index >= 15 is 0 Å². The first-order valence-corrected chi connectivity index (χ1v) is 6.70. The summed E-state index contributed by atoms with van der Waals surface area (Å²) < 4.78 is 6.97. The number of nitrogens with one attached hydrogen (secondary N) is 1. The van der Waals surface area contributed by atoms with Crippen molar-refractivity contribution in [3.05, 3.63) is 60.2 Å². The van der Waals surface area contributed by atoms with E-state index in [-0.39, 0.29) is 18.2 Å². The highest BCUT2D eigenvalue weighted by Gasteiger charge is 2.16. The van der Waals surface area contributed by atoms with Crippen molar-refractivity contribution in [1.82, 2.24) is 9.88 Å². The highest BCUT2D eigenvalue weighted by Crippen LogP contribution is 2.25. The lowest BCUT2D eigenvalue weighted by Crippen LogP contribution is -2.27. The van der Waals surface area contributed by atoms with E-state index in [1.54, 1.807) is 12.1 Å². The number of aliphatic hydroxyl groups is 1. The Morgan fingerprint density at radius 2 is 2.14 bits per heavy atom. The molecule has 1 atom stereocenters. The quantitative estimate of drug-likeness (QED) is 0.772. The van der Waals surface area contributed by atoms with Crippen molar-refractivity contribution < 1.29 is 14.3 Å². The molecule has 0 aliphatic rings. The number of hydrogen-bond acceptors (Lipinski definition) is 3. The summed E-state index contributed by atoms with van der Waals surface area (Å²) in [5.74, 6) is -0.0978. The number of hydrogen-bond donors (Lipinski definition) is 2. The van der Waals surface area contributed by atoms with E-state index in [0.29, 0.717) is 0 Å². The molecule has 5 heteroatoms. The normalized spacial score (nSPS) is 12.5. The number of para-hydroxylation sites is 1. The average Bonchev–Trinajstić information content (AvgIpc) is 3.13. The zero-order valence-electron chi connectivity index (χ0n) is 11.6. The molecule has 0 spiro atoms. The summed E-state index contributed by atoms with van der Waals surface area (Å²) in [6, 6.07) is 11.1. The number of carbonyl (C=O) groups is 1. The van der Waals surface area contributed by atoms with Gasteiger partial charge in [0.25, 0.3) is 5.91 Å². The highest BCUT2D eigenvalue weighted by molar-refractivity contribution is 5.91. The molecule has 0 saturated carbocycles. The molecule has 2 aromatic heterocycles. The first kappa shape index (κ1) is 13.5. The van der Waals surface area contributed by atoms with Gasteiger partial charge < -0.3 is 19.4 Å². The summed E-state index contributed by atoms with van der Waals surface area (Å²) in [6.07, 6.45) is 2.56. The molecule has 3 aromatic rings. The topological polar surface area (TPSA) is 67.4 Å². The van der Waals surface area contributed by atoms with Gasteiger partial charge in [0.15, 0.2) is 5.76 Å². The Hall–Kier alpha value is -2.53. The van der Waals surface area contributed by atoms with Gasteiger partial charge in [-0.15, -0.1) is 0 Å². The molecular weight excluding hydrogens is 268 g/mol. The molecule has 5 nitrogen and oxygen atoms in total. The highest BCUT2D eigenvalue weighted by atomic mass is 16.3. The number of furan rings is 1. The minimum Gasteiger partial charge on any atom is -0.459 e. The van der Waals surface area contributed by atoms with Gasteiger partial charge in [-0.25, -0.2) is 0 Å². The number of aryl methyl sites for hydroxylation is 1. The van der Waals surface area contributed by atoms with Crippen molar-refractivity contribution in [2.45, 2.75) is 6.10 Å². The van der Waals surface area contributed by atoms with Crippen LogP contribution in [0.4, 0.5) is 0 Å². The van der Waals surface area contributed by atoms with Crippen molar-refractivity contribution in [3.8, 4) is 0 Å². The summed E-state index contributed by atoms with van der Waals surface area (Å²) >= 11 is 0. The van der Waals surface area contributed by atoms with Crippen LogP contribution >= 0.6 is 0 Å². The van der Waals surface area contributed by atoms with Crippen molar-refractivity contribution in [2.75, 3.05) is 6.54 Å². The van der Waals surface area contributed by atoms with E-state index in [1.807, 2.05) is 42.1 Å². The van der Waals surface area contributed by atoms with Crippen LogP contribution in [-0.4, -0.2) is 22.1 Å². The Kier molecular flexibility index (Phi) is 3.50. The molecule has 0 aliphatic carbocycles. The van der Waals surface area contributed by atoms with Crippen LogP contribution in [0, 0.1) is 0 Å². The molecule has 2 heterocycles. The van der Waals surface area contributed by atoms with Gasteiger partial charge >= 0.3 is 0 Å². The zero-order valence-corrected chi connectivity index (χ0v) is 11.6. The second-order valence-corrected chi connectivity index (χ2v) is 4.92. The van der Waals surface area contributed by atoms with Gasteiger partial charge in [-0.2, -0.15) is 0 Å². The summed E-state index contributed by atoms with van der Waals surface area (Å²) in [7, 11) is 1.93. The van der Waals surface area contributed by atoms with E-state index in [2.05, 4.69) is 5.32 Å². The summed E-state index contributed by atoms with van der Waals surface area (Å²) in [6.45, 7) is 0.132. The molecule has 0 radical (unpaired) electrons. The van der Waals surface area contributed by atoms with Crippen LogP contribution in [0.2, 0.25) is 0 Å². The molecule has 0 bridgehead atoms. The van der Waals surface area contributed by atoms with E-state index in [1.165, 1.54) is 6.26 Å². The maximum atomic E-state index is 11.8. The Bertz CT molecular complexity index is 759. The van der Waals surface area contributed by atoms with Gasteiger partial charge in [0, 0.05) is 36.3 Å². The number of rotatable bonds is 4. The fraction of sp³-hybridized carbons (Fsp3) is 0.188. The number of amides is 1. The second kappa shape index (κ2) is 5.46. The Balaban J connectivity index is 1.75. The molecule has 0 saturated heterocycles. The maximum absolute atomic E-state index is 11.8. The van der Waals surface area contributed by atoms with Gasteiger partial charge in [-0.1, -0.05) is 18.2 Å². The molecule has 1 aromatic carbocycles. The third-order valence-electron chi connectivity index (χ3n) is 3.49. The first-order chi connectivity index (χ1) is 10.2. The number of aromatic nitrogens is 1. The predicted molar refractivity (Wildman–Crippen MR) is 78.9 cm³/mol. The molecule has 2 N–H and O–H groups in total. The average molecular weight is 284 g/mol. The molecule has 21 heavy (non-hydrogen) atoms. The zero-order chi connectivity index (χ0) is 14.8. The van der Waals surface area contributed by atoms with Crippen LogP contribution in [0.1, 0.15) is 22.2 Å². The molecule has 0 fully saturated rings. The van der Waals surface area contributed by atoms with E-state index in [9.17, 15) is 9.90 Å². The maximum Gasteiger partial charge on any atom is 0.287 e. The fourth-order valence-corrected chi connectivity index (χ4v) is 2.43. The molecule has 0 unspecified atom stereocenters. The lowest BCUT2D eigenvalue weighted by Gasteiger charge is -2.10. The number of benzene rings is 1. The van der Waals surface area contributed by atoms with Gasteiger partial charge in [0.1, 0.15) is 0 Å². The lowest BCUT2D eigenvalue weighted by atomic mass is 10.1. The van der Waals surface area contributed by atoms with Crippen molar-refractivity contribution >= 4 is 16.8 Å². The van der Waals surface area contributed by atoms with E-state index in [4.69, 9.17) is 4.42 Å². The van der Waals surface area contributed by atoms with Crippen LogP contribution in [0.5, 0.6) is 0 Å². The van der Waals surface area contributed by atoms with Crippen LogP contribution in [0.3, 0.4) is 0 Å². The minimum atomic E-state index is -0.769. The Morgan fingerprint density at radius 3 is 2.90 bits per heavy atom. The number of carbonyl (C=O) groups excluding carboxylic acids is 1. The summed E-state index contributed by atoms with van der Waals surface area (Å²) in [5, 5.41) is 14.0. The van der Waals surface area contributed by atoms with Crippen LogP contribution < -0.4 is 5.32 Å². The standard InChI is InChI=1S/C16H16N2O3/c1-18-10-12(11-5-2-3-6-13(11)18)14(19)9-17-16(20)15-7-4-8-21-15/h2-8,10,14,19H,9H2,1H3,(H,17,20)/t14-/m0/s1. The second-order valence-electron chi connectivity index (χ2n) is 4.92. The van der Waals surface area contributed by atoms with Gasteiger partial charge in [-0.05, 0) is 18.2 Å². The van der Waals surface area contributed by atoms with Gasteiger partial charge in [0.05, 0.1) is 12.4 Å². The van der Waals surface area contributed by atoms with E-state index < -0.39 is 6.10 Å². The predicted octanol–water partition coefficient (Wildman–Crippen LogP) is 2.23. The van der Waals surface area contributed by atoms with Crippen molar-refractivity contribution in [1.29, 1.82) is 0 Å². The summed E-state index contributed by atoms with van der Waals surface area (Å²) in [5.41, 5.74) is 1.84. The fourth-order valence-electron chi connectivity index (χ4n) is 2.43. The Labute approximate surface area is 121 Å². The number of fused-ring (bicyclic) bond motifs is 1. The van der Waals surface area contributed by atoms with Crippen LogP contribution in [-0.2, 0) is 7.05 Å². The molecule has 108 valence electrons. The Morgan fingerprint density at radius 1 is 1.33 bits per heavy atom. The monoisotopic (exact) mass is 284 g/mol. The molecule has 1 amide bonds. The largest absolute Gasteiger partial charge is 0.459 e. The molecule has 0 aliphatic heterocycles. The third kappa shape index (κ3) is 2.55. The minimum absolute atomic E-state index is 0.132. The number of nitrogens with zero attached hydrogens (tertiary/aromatic N) is 1. The summed E-state index contributed by atoms with van der Waals surface area (Å²) in [4.78, 5) is 11.8. The van der Waals surface area contributed by atoms with Gasteiger partial charge in [0.2, 0.25) is 0 Å². The molecule has 3 rings (SSSR count). The first-order valence-electron chi connectivity index (χ1n) is 6.70. The SMILES string of the molecule is Cn1cc([C@@H](O)CNC(=O)c2ccco2)c2ccccc21. The van der Waals surface area contributed by atoms with Crippen LogP contribution in [0.25, 0.3) is 10.9 Å².